The monoisotopic (exact) mass is 753 g/mol. The number of Topliss-reactive ketones (excluding diaryl/α,β-unsaturated/α-hetero) is 1. The van der Waals surface area contributed by atoms with Crippen molar-refractivity contribution in [1.82, 2.24) is 20.3 Å². The van der Waals surface area contributed by atoms with Crippen LogP contribution in [0.2, 0.25) is 0 Å². The number of ketones is 1. The summed E-state index contributed by atoms with van der Waals surface area (Å²) in [6.45, 7) is 7.50. The minimum Gasteiger partial charge on any atom is -0.469 e. The van der Waals surface area contributed by atoms with E-state index >= 15 is 0 Å². The molecule has 1 unspecified atom stereocenters. The molecule has 3 N–H and O–H groups in total. The predicted octanol–water partition coefficient (Wildman–Crippen LogP) is 7.69. The van der Waals surface area contributed by atoms with E-state index in [0.29, 0.717) is 23.0 Å². The van der Waals surface area contributed by atoms with Gasteiger partial charge in [-0.25, -0.2) is 14.8 Å². The molecule has 10 bridgehead atoms. The van der Waals surface area contributed by atoms with E-state index in [9.17, 15) is 14.4 Å². The summed E-state index contributed by atoms with van der Waals surface area (Å²) in [7, 11) is 1.19. The quantitative estimate of drug-likeness (QED) is 0.143. The van der Waals surface area contributed by atoms with Gasteiger partial charge in [0.15, 0.2) is 35.3 Å². The number of rotatable bonds is 6. The van der Waals surface area contributed by atoms with Crippen molar-refractivity contribution >= 4 is 34.4 Å². The van der Waals surface area contributed by atoms with Crippen LogP contribution in [0.25, 0.3) is 44.9 Å². The molecular formula is C43H39N5O8. The second-order valence-electron chi connectivity index (χ2n) is 15.7. The highest BCUT2D eigenvalue weighted by Gasteiger charge is 2.61. The Hall–Kier alpha value is -6.37. The summed E-state index contributed by atoms with van der Waals surface area (Å²) >= 11 is 0. The van der Waals surface area contributed by atoms with Gasteiger partial charge in [0.25, 0.3) is 0 Å². The number of oxazole rings is 2. The zero-order chi connectivity index (χ0) is 38.6. The Morgan fingerprint density at radius 2 is 1.80 bits per heavy atom. The summed E-state index contributed by atoms with van der Waals surface area (Å²) in [5.41, 5.74) is 6.56. The van der Waals surface area contributed by atoms with Crippen LogP contribution in [-0.4, -0.2) is 52.2 Å². The van der Waals surface area contributed by atoms with Gasteiger partial charge in [-0.3, -0.25) is 9.59 Å². The lowest BCUT2D eigenvalue weighted by Crippen LogP contribution is -2.41. The first-order valence-electron chi connectivity index (χ1n) is 18.9. The largest absolute Gasteiger partial charge is 0.508 e. The van der Waals surface area contributed by atoms with Crippen molar-refractivity contribution in [3.8, 4) is 39.8 Å². The lowest BCUT2D eigenvalue weighted by atomic mass is 9.72. The van der Waals surface area contributed by atoms with E-state index in [0.717, 1.165) is 50.0 Å². The van der Waals surface area contributed by atoms with Crippen LogP contribution in [0.15, 0.2) is 75.8 Å². The molecule has 0 saturated carbocycles. The van der Waals surface area contributed by atoms with Crippen LogP contribution in [0.3, 0.4) is 0 Å². The first kappa shape index (κ1) is 34.1. The van der Waals surface area contributed by atoms with Crippen LogP contribution in [0.4, 0.5) is 10.5 Å². The summed E-state index contributed by atoms with van der Waals surface area (Å²) in [6.07, 6.45) is 0.971. The van der Waals surface area contributed by atoms with Gasteiger partial charge < -0.3 is 38.7 Å². The molecule has 5 atom stereocenters. The van der Waals surface area contributed by atoms with Gasteiger partial charge in [-0.05, 0) is 41.5 Å². The first-order valence-corrected chi connectivity index (χ1v) is 18.9. The molecule has 56 heavy (non-hydrogen) atoms. The van der Waals surface area contributed by atoms with Crippen molar-refractivity contribution in [2.24, 2.45) is 17.8 Å². The fourth-order valence-electron chi connectivity index (χ4n) is 9.06. The van der Waals surface area contributed by atoms with Crippen molar-refractivity contribution in [2.75, 3.05) is 12.4 Å². The van der Waals surface area contributed by atoms with Gasteiger partial charge in [0.05, 0.1) is 13.3 Å². The molecule has 6 aromatic rings. The number of ether oxygens (including phenoxy) is 3. The van der Waals surface area contributed by atoms with Crippen molar-refractivity contribution in [3.05, 3.63) is 95.3 Å². The molecule has 7 heterocycles. The topological polar surface area (TPSA) is 171 Å². The lowest BCUT2D eigenvalue weighted by molar-refractivity contribution is -0.136. The number of para-hydroxylation sites is 1. The van der Waals surface area contributed by atoms with Gasteiger partial charge in [0.2, 0.25) is 17.7 Å². The number of carbonyl (C=O) groups is 3. The van der Waals surface area contributed by atoms with Crippen LogP contribution in [0.1, 0.15) is 68.5 Å². The summed E-state index contributed by atoms with van der Waals surface area (Å²) in [5, 5.41) is 7.95. The van der Waals surface area contributed by atoms with Crippen LogP contribution in [-0.2, 0) is 30.9 Å². The third-order valence-electron chi connectivity index (χ3n) is 11.7. The van der Waals surface area contributed by atoms with E-state index in [-0.39, 0.29) is 48.1 Å². The van der Waals surface area contributed by atoms with Crippen molar-refractivity contribution in [2.45, 2.75) is 64.3 Å². The number of hydrogen-bond donors (Lipinski definition) is 3. The van der Waals surface area contributed by atoms with Gasteiger partial charge in [-0.1, -0.05) is 70.2 Å². The normalized spacial score (nSPS) is 21.7. The van der Waals surface area contributed by atoms with Crippen LogP contribution in [0.5, 0.6) is 5.75 Å². The highest BCUT2D eigenvalue weighted by molar-refractivity contribution is 6.07. The van der Waals surface area contributed by atoms with Crippen molar-refractivity contribution in [1.29, 1.82) is 0 Å². The van der Waals surface area contributed by atoms with Gasteiger partial charge in [-0.2, -0.15) is 0 Å². The molecule has 3 aromatic carbocycles. The molecule has 13 heteroatoms. The zero-order valence-electron chi connectivity index (χ0n) is 31.4. The molecule has 3 aromatic heterocycles. The van der Waals surface area contributed by atoms with Crippen LogP contribution >= 0.6 is 0 Å². The Bertz CT molecular complexity index is 2620. The number of fused-ring (bicyclic) bond motifs is 7. The molecule has 0 fully saturated rings. The number of carbonyl (C=O) groups excluding carboxylic acids is 3. The number of nitrogens with one attached hydrogen (secondary N) is 3. The Kier molecular flexibility index (Phi) is 7.51. The average Bonchev–Trinajstić information content (AvgIpc) is 4.01. The van der Waals surface area contributed by atoms with Crippen LogP contribution < -0.4 is 15.4 Å². The summed E-state index contributed by atoms with van der Waals surface area (Å²) < 4.78 is 30.6. The van der Waals surface area contributed by atoms with Crippen molar-refractivity contribution < 1.29 is 37.4 Å². The average molecular weight is 754 g/mol. The van der Waals surface area contributed by atoms with Crippen LogP contribution in [0, 0.1) is 17.8 Å². The number of hydrogen-bond acceptors (Lipinski definition) is 11. The molecule has 13 nitrogen and oxygen atoms in total. The third-order valence-corrected chi connectivity index (χ3v) is 11.7. The minimum atomic E-state index is -1.09. The molecule has 1 amide bonds. The van der Waals surface area contributed by atoms with E-state index in [2.05, 4.69) is 39.9 Å². The highest BCUT2D eigenvalue weighted by atomic mass is 16.7. The first-order chi connectivity index (χ1) is 27.1. The smallest absolute Gasteiger partial charge is 0.469 e. The minimum absolute atomic E-state index is 0.182. The number of methoxy groups -OCH3 is 1. The molecule has 0 saturated heterocycles. The van der Waals surface area contributed by atoms with Gasteiger partial charge in [0, 0.05) is 57.4 Å². The molecule has 0 aliphatic carbocycles. The Balaban J connectivity index is 1.22. The number of nitrogens with zero attached hydrogens (tertiary/aromatic N) is 2. The third kappa shape index (κ3) is 4.82. The number of amides is 1. The second kappa shape index (κ2) is 12.3. The highest BCUT2D eigenvalue weighted by Crippen LogP contribution is 2.61. The SMILES string of the molecule is COC(=O)O[C@H](C(=O)C[C@H]1Cc2ccc3c(c2)C24c5cccc(c5N[C@H]2O3)-c2cccc3[nH]cc(c23)-c2cnc(o2)-c2nc(oc24)[C@H](C(C)C)NC1=O)C(C)C. The molecule has 4 aliphatic heterocycles. The maximum absolute atomic E-state index is 14.4. The molecule has 10 rings (SSSR count). The fraction of sp³-hybridized carbons (Fsp3) is 0.326. The molecule has 4 aliphatic rings. The van der Waals surface area contributed by atoms with Gasteiger partial charge in [0.1, 0.15) is 17.2 Å². The Labute approximate surface area is 321 Å². The van der Waals surface area contributed by atoms with E-state index in [4.69, 9.17) is 33.0 Å². The fourth-order valence-corrected chi connectivity index (χ4v) is 9.06. The van der Waals surface area contributed by atoms with E-state index in [1.165, 1.54) is 7.11 Å². The molecule has 0 radical (unpaired) electrons. The maximum Gasteiger partial charge on any atom is 0.508 e. The zero-order valence-corrected chi connectivity index (χ0v) is 31.4. The lowest BCUT2D eigenvalue weighted by Gasteiger charge is -2.29. The van der Waals surface area contributed by atoms with Gasteiger partial charge >= 0.3 is 6.16 Å². The number of aromatic amines is 1. The number of H-pyrrole nitrogens is 1. The summed E-state index contributed by atoms with van der Waals surface area (Å²) in [4.78, 5) is 53.8. The van der Waals surface area contributed by atoms with Crippen molar-refractivity contribution in [3.63, 3.8) is 0 Å². The number of benzene rings is 3. The molecule has 284 valence electrons. The Morgan fingerprint density at radius 1 is 0.982 bits per heavy atom. The number of anilines is 1. The van der Waals surface area contributed by atoms with E-state index < -0.39 is 35.9 Å². The van der Waals surface area contributed by atoms with Gasteiger partial charge in [-0.15, -0.1) is 0 Å². The standard InChI is InChI=1S/C43H39N5O8/c1-19(2)33-40-47-35-37(56-40)43-26-10-6-9-24(23-8-7-11-28-32(23)25(17-44-28)31-18-45-39(35)53-31)34(26)48-41(43)54-30-13-12-21(15-27(30)43)14-22(38(50)46-33)16-29(49)36(20(3)4)55-42(51)52-5/h6-13,15,17-20,22,33,36,41,44,48H,14,16H2,1-5H3,(H,46,50)/t22-,33+,36+,41+,43?/m1/s1. The molecular weight excluding hydrogens is 714 g/mol. The summed E-state index contributed by atoms with van der Waals surface area (Å²) in [6, 6.07) is 17.6. The van der Waals surface area contributed by atoms with E-state index in [1.54, 1.807) is 20.0 Å². The summed E-state index contributed by atoms with van der Waals surface area (Å²) in [5.74, 6) is 0.103. The molecule has 1 spiro atoms. The van der Waals surface area contributed by atoms with E-state index in [1.807, 2.05) is 50.4 Å². The second-order valence-corrected chi connectivity index (χ2v) is 15.7. The number of aromatic nitrogens is 3. The maximum atomic E-state index is 14.4. The Morgan fingerprint density at radius 3 is 2.61 bits per heavy atom. The predicted molar refractivity (Wildman–Crippen MR) is 204 cm³/mol.